The van der Waals surface area contributed by atoms with E-state index < -0.39 is 0 Å². The van der Waals surface area contributed by atoms with Crippen LogP contribution >= 0.6 is 23.2 Å². The molecule has 2 rings (SSSR count). The molecule has 0 aliphatic carbocycles. The van der Waals surface area contributed by atoms with Crippen molar-refractivity contribution < 1.29 is 9.47 Å². The van der Waals surface area contributed by atoms with Crippen molar-refractivity contribution in [3.05, 3.63) is 52.5 Å². The van der Waals surface area contributed by atoms with Crippen LogP contribution in [-0.2, 0) is 0 Å². The lowest BCUT2D eigenvalue weighted by Crippen LogP contribution is -2.09. The molecule has 0 atom stereocenters. The molecule has 0 bridgehead atoms. The first-order valence-electron chi connectivity index (χ1n) is 5.71. The molecule has 19 heavy (non-hydrogen) atoms. The van der Waals surface area contributed by atoms with E-state index in [-0.39, 0.29) is 0 Å². The van der Waals surface area contributed by atoms with E-state index in [9.17, 15) is 0 Å². The summed E-state index contributed by atoms with van der Waals surface area (Å²) in [5.41, 5.74) is 6.28. The topological polar surface area (TPSA) is 44.5 Å². The van der Waals surface area contributed by atoms with E-state index in [0.717, 1.165) is 5.75 Å². The average molecular weight is 298 g/mol. The summed E-state index contributed by atoms with van der Waals surface area (Å²) in [6, 6.07) is 12.3. The Morgan fingerprint density at radius 1 is 0.895 bits per heavy atom. The molecule has 0 spiro atoms. The van der Waals surface area contributed by atoms with Crippen molar-refractivity contribution in [1.82, 2.24) is 0 Å². The number of hydrogen-bond acceptors (Lipinski definition) is 3. The monoisotopic (exact) mass is 297 g/mol. The molecule has 0 aliphatic heterocycles. The van der Waals surface area contributed by atoms with Crippen LogP contribution in [-0.4, -0.2) is 13.2 Å². The fourth-order valence-corrected chi connectivity index (χ4v) is 1.80. The summed E-state index contributed by atoms with van der Waals surface area (Å²) >= 11 is 11.8. The molecule has 0 radical (unpaired) electrons. The highest BCUT2D eigenvalue weighted by Gasteiger charge is 2.02. The van der Waals surface area contributed by atoms with Gasteiger partial charge in [-0.1, -0.05) is 23.2 Å². The lowest BCUT2D eigenvalue weighted by Gasteiger charge is -2.10. The fourth-order valence-electron chi connectivity index (χ4n) is 1.46. The van der Waals surface area contributed by atoms with Crippen LogP contribution in [0.4, 0.5) is 5.69 Å². The lowest BCUT2D eigenvalue weighted by molar-refractivity contribution is 0.217. The number of rotatable bonds is 5. The highest BCUT2D eigenvalue weighted by molar-refractivity contribution is 6.34. The molecule has 0 aromatic heterocycles. The van der Waals surface area contributed by atoms with Gasteiger partial charge in [-0.05, 0) is 36.4 Å². The van der Waals surface area contributed by atoms with Crippen molar-refractivity contribution in [2.24, 2.45) is 0 Å². The maximum absolute atomic E-state index is 5.97. The quantitative estimate of drug-likeness (QED) is 0.669. The number of halogens is 2. The van der Waals surface area contributed by atoms with Crippen molar-refractivity contribution in [2.75, 3.05) is 18.9 Å². The Bertz CT molecular complexity index is 544. The average Bonchev–Trinajstić information content (AvgIpc) is 2.40. The maximum atomic E-state index is 5.97. The number of benzene rings is 2. The number of ether oxygens (including phenoxy) is 2. The molecule has 0 unspecified atom stereocenters. The molecule has 3 nitrogen and oxygen atoms in total. The van der Waals surface area contributed by atoms with Crippen LogP contribution in [0.1, 0.15) is 0 Å². The first-order chi connectivity index (χ1) is 9.15. The smallest absolute Gasteiger partial charge is 0.139 e. The van der Waals surface area contributed by atoms with Crippen molar-refractivity contribution >= 4 is 28.9 Å². The van der Waals surface area contributed by atoms with E-state index >= 15 is 0 Å². The summed E-state index contributed by atoms with van der Waals surface area (Å²) in [4.78, 5) is 0. The number of nitrogen functional groups attached to an aromatic ring is 1. The molecule has 100 valence electrons. The van der Waals surface area contributed by atoms with Gasteiger partial charge in [0.05, 0.1) is 5.02 Å². The van der Waals surface area contributed by atoms with Gasteiger partial charge >= 0.3 is 0 Å². The Balaban J connectivity index is 1.80. The second kappa shape index (κ2) is 6.55. The van der Waals surface area contributed by atoms with Gasteiger partial charge in [0.25, 0.3) is 0 Å². The summed E-state index contributed by atoms with van der Waals surface area (Å²) in [5.74, 6) is 1.30. The minimum absolute atomic E-state index is 0.379. The highest BCUT2D eigenvalue weighted by atomic mass is 35.5. The van der Waals surface area contributed by atoms with Crippen LogP contribution in [0.3, 0.4) is 0 Å². The summed E-state index contributed by atoms with van der Waals surface area (Å²) in [6.07, 6.45) is 0. The van der Waals surface area contributed by atoms with Gasteiger partial charge in [0.15, 0.2) is 0 Å². The molecule has 2 aromatic rings. The summed E-state index contributed by atoms with van der Waals surface area (Å²) < 4.78 is 11.0. The van der Waals surface area contributed by atoms with Crippen LogP contribution in [0.15, 0.2) is 42.5 Å². The molecule has 0 saturated carbocycles. The van der Waals surface area contributed by atoms with Crippen LogP contribution in [0.2, 0.25) is 10.0 Å². The molecule has 0 aliphatic rings. The number of nitrogens with two attached hydrogens (primary N) is 1. The zero-order valence-electron chi connectivity index (χ0n) is 10.1. The Labute approximate surface area is 121 Å². The summed E-state index contributed by atoms with van der Waals surface area (Å²) in [7, 11) is 0. The zero-order chi connectivity index (χ0) is 13.7. The molecule has 0 amide bonds. The third kappa shape index (κ3) is 4.23. The van der Waals surface area contributed by atoms with E-state index in [1.165, 1.54) is 0 Å². The third-order valence-corrected chi connectivity index (χ3v) is 2.93. The van der Waals surface area contributed by atoms with Crippen LogP contribution < -0.4 is 15.2 Å². The second-order valence-corrected chi connectivity index (χ2v) is 4.68. The van der Waals surface area contributed by atoms with E-state index in [0.29, 0.717) is 34.7 Å². The Kier molecular flexibility index (Phi) is 4.77. The normalized spacial score (nSPS) is 10.2. The molecule has 5 heteroatoms. The predicted molar refractivity (Wildman–Crippen MR) is 78.3 cm³/mol. The fraction of sp³-hybridized carbons (Fsp3) is 0.143. The highest BCUT2D eigenvalue weighted by Crippen LogP contribution is 2.27. The van der Waals surface area contributed by atoms with Crippen molar-refractivity contribution in [3.63, 3.8) is 0 Å². The lowest BCUT2D eigenvalue weighted by atomic mass is 10.3. The second-order valence-electron chi connectivity index (χ2n) is 3.84. The summed E-state index contributed by atoms with van der Waals surface area (Å²) in [5, 5.41) is 1.11. The number of anilines is 1. The number of hydrogen-bond donors (Lipinski definition) is 1. The molecule has 0 saturated heterocycles. The van der Waals surface area contributed by atoms with Crippen LogP contribution in [0.5, 0.6) is 11.5 Å². The first kappa shape index (κ1) is 13.8. The van der Waals surface area contributed by atoms with Crippen LogP contribution in [0, 0.1) is 0 Å². The van der Waals surface area contributed by atoms with Crippen molar-refractivity contribution in [2.45, 2.75) is 0 Å². The zero-order valence-corrected chi connectivity index (χ0v) is 11.6. The predicted octanol–water partition coefficient (Wildman–Crippen LogP) is 4.03. The molecule has 0 heterocycles. The first-order valence-corrected chi connectivity index (χ1v) is 6.47. The van der Waals surface area contributed by atoms with Crippen molar-refractivity contribution in [3.8, 4) is 11.5 Å². The molecule has 0 fully saturated rings. The Hall–Kier alpha value is -1.58. The Morgan fingerprint density at radius 3 is 2.32 bits per heavy atom. The van der Waals surface area contributed by atoms with E-state index in [1.54, 1.807) is 30.3 Å². The van der Waals surface area contributed by atoms with Gasteiger partial charge < -0.3 is 15.2 Å². The maximum Gasteiger partial charge on any atom is 0.139 e. The van der Waals surface area contributed by atoms with Gasteiger partial charge in [0.1, 0.15) is 24.7 Å². The Morgan fingerprint density at radius 2 is 1.58 bits per heavy atom. The van der Waals surface area contributed by atoms with Gasteiger partial charge in [-0.2, -0.15) is 0 Å². The van der Waals surface area contributed by atoms with Gasteiger partial charge in [0.2, 0.25) is 0 Å². The molecular weight excluding hydrogens is 285 g/mol. The largest absolute Gasteiger partial charge is 0.490 e. The van der Waals surface area contributed by atoms with Crippen molar-refractivity contribution in [1.29, 1.82) is 0 Å². The van der Waals surface area contributed by atoms with Gasteiger partial charge in [0, 0.05) is 16.8 Å². The third-order valence-electron chi connectivity index (χ3n) is 2.38. The molecule has 2 aromatic carbocycles. The van der Waals surface area contributed by atoms with Gasteiger partial charge in [-0.25, -0.2) is 0 Å². The molecular formula is C14H13Cl2NO2. The van der Waals surface area contributed by atoms with Gasteiger partial charge in [-0.15, -0.1) is 0 Å². The minimum atomic E-state index is 0.379. The van der Waals surface area contributed by atoms with Crippen LogP contribution in [0.25, 0.3) is 0 Å². The minimum Gasteiger partial charge on any atom is -0.490 e. The van der Waals surface area contributed by atoms with E-state index in [1.807, 2.05) is 12.1 Å². The van der Waals surface area contributed by atoms with Gasteiger partial charge in [-0.3, -0.25) is 0 Å². The van der Waals surface area contributed by atoms with E-state index in [2.05, 4.69) is 0 Å². The van der Waals surface area contributed by atoms with E-state index in [4.69, 9.17) is 38.4 Å². The summed E-state index contributed by atoms with van der Waals surface area (Å²) in [6.45, 7) is 0.789. The SMILES string of the molecule is Nc1ccc(OCCOc2cc(Cl)ccc2Cl)cc1. The standard InChI is InChI=1S/C14H13Cl2NO2/c15-10-1-6-13(16)14(9-10)19-8-7-18-12-4-2-11(17)3-5-12/h1-6,9H,7-8,17H2. The molecule has 2 N–H and O–H groups in total.